The van der Waals surface area contributed by atoms with Gasteiger partial charge in [0.2, 0.25) is 11.8 Å². The lowest BCUT2D eigenvalue weighted by Crippen LogP contribution is -2.19. The number of carbonyl (C=O) groups is 2. The van der Waals surface area contributed by atoms with E-state index in [-0.39, 0.29) is 34.8 Å². The Hall–Kier alpha value is -3.07. The molecule has 0 spiro atoms. The zero-order valence-electron chi connectivity index (χ0n) is 15.4. The van der Waals surface area contributed by atoms with E-state index in [4.69, 9.17) is 0 Å². The smallest absolute Gasteiger partial charge is 0.325 e. The summed E-state index contributed by atoms with van der Waals surface area (Å²) in [6.07, 6.45) is 0. The highest BCUT2D eigenvalue weighted by Gasteiger charge is 2.10. The van der Waals surface area contributed by atoms with Crippen molar-refractivity contribution in [2.75, 3.05) is 22.1 Å². The van der Waals surface area contributed by atoms with Crippen molar-refractivity contribution in [2.45, 2.75) is 0 Å². The van der Waals surface area contributed by atoms with E-state index in [2.05, 4.69) is 10.6 Å². The minimum absolute atomic E-state index is 0.0943. The zero-order chi connectivity index (χ0) is 20.3. The first-order chi connectivity index (χ1) is 13.3. The summed E-state index contributed by atoms with van der Waals surface area (Å²) in [5.41, 5.74) is 2.43. The van der Waals surface area contributed by atoms with Crippen LogP contribution in [0.4, 0.5) is 15.8 Å². The van der Waals surface area contributed by atoms with Gasteiger partial charge in [0, 0.05) is 25.5 Å². The largest absolute Gasteiger partial charge is 0.328 e. The summed E-state index contributed by atoms with van der Waals surface area (Å²) in [6, 6.07) is 10.7. The Morgan fingerprint density at radius 1 is 0.893 bits per heavy atom. The van der Waals surface area contributed by atoms with Crippen LogP contribution in [-0.2, 0) is 23.7 Å². The third-order valence-corrected chi connectivity index (χ3v) is 5.08. The third kappa shape index (κ3) is 4.42. The second kappa shape index (κ2) is 8.30. The van der Waals surface area contributed by atoms with Crippen molar-refractivity contribution in [1.82, 2.24) is 9.13 Å². The summed E-state index contributed by atoms with van der Waals surface area (Å²) < 4.78 is 15.9. The molecule has 9 heteroatoms. The number of hydrogen-bond acceptors (Lipinski definition) is 4. The van der Waals surface area contributed by atoms with Gasteiger partial charge in [-0.3, -0.25) is 18.7 Å². The fourth-order valence-electron chi connectivity index (χ4n) is 2.75. The first-order valence-corrected chi connectivity index (χ1v) is 9.59. The number of nitrogens with zero attached hydrogens (tertiary/aromatic N) is 2. The van der Waals surface area contributed by atoms with Crippen molar-refractivity contribution in [2.24, 2.45) is 14.1 Å². The molecule has 0 unspecified atom stereocenters. The number of carbonyl (C=O) groups excluding carboxylic acids is 2. The molecule has 2 amide bonds. The number of hydrogen-bond donors (Lipinski definition) is 2. The molecule has 1 heterocycles. The third-order valence-electron chi connectivity index (χ3n) is 4.15. The number of aryl methyl sites for hydroxylation is 2. The topological polar surface area (TPSA) is 85.1 Å². The summed E-state index contributed by atoms with van der Waals surface area (Å²) in [7, 11) is 3.36. The lowest BCUT2D eigenvalue weighted by Gasteiger charge is -2.07. The zero-order valence-corrected chi connectivity index (χ0v) is 16.2. The molecule has 7 nitrogen and oxygen atoms in total. The number of rotatable bonds is 6. The van der Waals surface area contributed by atoms with Gasteiger partial charge in [0.25, 0.3) is 0 Å². The second-order valence-electron chi connectivity index (χ2n) is 6.20. The SMILES string of the molecule is Cn1c(=O)n(C)c2cc(NC(=O)CSCC(=O)Nc3ccc(F)cc3)ccc21. The number of amides is 2. The molecular weight excluding hydrogens is 383 g/mol. The average molecular weight is 402 g/mol. The molecule has 1 aromatic heterocycles. The molecule has 146 valence electrons. The van der Waals surface area contributed by atoms with Crippen molar-refractivity contribution in [3.05, 3.63) is 58.8 Å². The normalized spacial score (nSPS) is 10.8. The van der Waals surface area contributed by atoms with Gasteiger partial charge in [-0.1, -0.05) is 0 Å². The molecule has 0 bridgehead atoms. The monoisotopic (exact) mass is 402 g/mol. The van der Waals surface area contributed by atoms with Crippen LogP contribution in [0.2, 0.25) is 0 Å². The van der Waals surface area contributed by atoms with Crippen LogP contribution in [0.1, 0.15) is 0 Å². The summed E-state index contributed by atoms with van der Waals surface area (Å²) in [4.78, 5) is 35.9. The van der Waals surface area contributed by atoms with E-state index in [0.29, 0.717) is 11.4 Å². The van der Waals surface area contributed by atoms with Crippen LogP contribution in [0.15, 0.2) is 47.3 Å². The van der Waals surface area contributed by atoms with Crippen LogP contribution in [0.5, 0.6) is 0 Å². The molecule has 0 aliphatic heterocycles. The van der Waals surface area contributed by atoms with Crippen LogP contribution in [-0.4, -0.2) is 32.5 Å². The highest BCUT2D eigenvalue weighted by Crippen LogP contribution is 2.18. The lowest BCUT2D eigenvalue weighted by atomic mass is 10.2. The number of fused-ring (bicyclic) bond motifs is 1. The molecule has 2 N–H and O–H groups in total. The molecule has 3 aromatic rings. The van der Waals surface area contributed by atoms with Crippen molar-refractivity contribution in [3.8, 4) is 0 Å². The minimum Gasteiger partial charge on any atom is -0.325 e. The van der Waals surface area contributed by atoms with Crippen molar-refractivity contribution >= 4 is 46.0 Å². The summed E-state index contributed by atoms with van der Waals surface area (Å²) in [5.74, 6) is -0.706. The highest BCUT2D eigenvalue weighted by atomic mass is 32.2. The number of aromatic nitrogens is 2. The summed E-state index contributed by atoms with van der Waals surface area (Å²) >= 11 is 1.17. The van der Waals surface area contributed by atoms with E-state index >= 15 is 0 Å². The van der Waals surface area contributed by atoms with Gasteiger partial charge in [-0.15, -0.1) is 11.8 Å². The second-order valence-corrected chi connectivity index (χ2v) is 7.19. The number of thioether (sulfide) groups is 1. The van der Waals surface area contributed by atoms with Crippen molar-refractivity contribution < 1.29 is 14.0 Å². The molecule has 3 rings (SSSR count). The van der Waals surface area contributed by atoms with Crippen LogP contribution in [0, 0.1) is 5.82 Å². The minimum atomic E-state index is -0.377. The van der Waals surface area contributed by atoms with Gasteiger partial charge >= 0.3 is 5.69 Å². The van der Waals surface area contributed by atoms with E-state index in [9.17, 15) is 18.8 Å². The molecule has 0 aliphatic rings. The van der Waals surface area contributed by atoms with Gasteiger partial charge in [-0.2, -0.15) is 0 Å². The number of benzene rings is 2. The predicted octanol–water partition coefficient (Wildman–Crippen LogP) is 2.33. The van der Waals surface area contributed by atoms with E-state index in [1.54, 1.807) is 32.3 Å². The highest BCUT2D eigenvalue weighted by molar-refractivity contribution is 8.00. The number of halogens is 1. The van der Waals surface area contributed by atoms with Crippen LogP contribution >= 0.6 is 11.8 Å². The molecule has 0 aliphatic carbocycles. The van der Waals surface area contributed by atoms with Gasteiger partial charge < -0.3 is 10.6 Å². The Kier molecular flexibility index (Phi) is 5.84. The van der Waals surface area contributed by atoms with E-state index in [1.165, 1.54) is 45.2 Å². The number of imidazole rings is 1. The Morgan fingerprint density at radius 2 is 1.43 bits per heavy atom. The maximum Gasteiger partial charge on any atom is 0.328 e. The van der Waals surface area contributed by atoms with Crippen molar-refractivity contribution in [1.29, 1.82) is 0 Å². The van der Waals surface area contributed by atoms with E-state index in [1.807, 2.05) is 0 Å². The van der Waals surface area contributed by atoms with E-state index < -0.39 is 0 Å². The van der Waals surface area contributed by atoms with Gasteiger partial charge in [0.1, 0.15) is 5.82 Å². The maximum atomic E-state index is 12.8. The maximum absolute atomic E-state index is 12.8. The lowest BCUT2D eigenvalue weighted by molar-refractivity contribution is -0.114. The summed E-state index contributed by atoms with van der Waals surface area (Å²) in [5, 5.41) is 5.40. The molecule has 0 saturated heterocycles. The standard InChI is InChI=1S/C19H19FN4O3S/c1-23-15-8-7-14(9-16(15)24(2)19(23)27)22-18(26)11-28-10-17(25)21-13-5-3-12(20)4-6-13/h3-9H,10-11H2,1-2H3,(H,21,25)(H,22,26). The first kappa shape index (κ1) is 19.7. The van der Waals surface area contributed by atoms with Crippen LogP contribution < -0.4 is 16.3 Å². The number of nitrogens with one attached hydrogen (secondary N) is 2. The van der Waals surface area contributed by atoms with Gasteiger partial charge in [-0.05, 0) is 42.5 Å². The molecular formula is C19H19FN4O3S. The number of anilines is 2. The quantitative estimate of drug-likeness (QED) is 0.663. The Morgan fingerprint density at radius 3 is 2.07 bits per heavy atom. The van der Waals surface area contributed by atoms with Gasteiger partial charge in [-0.25, -0.2) is 9.18 Å². The fourth-order valence-corrected chi connectivity index (χ4v) is 3.37. The predicted molar refractivity (Wildman–Crippen MR) is 109 cm³/mol. The van der Waals surface area contributed by atoms with Crippen molar-refractivity contribution in [3.63, 3.8) is 0 Å². The molecule has 0 fully saturated rings. The van der Waals surface area contributed by atoms with Gasteiger partial charge in [0.05, 0.1) is 22.5 Å². The summed E-state index contributed by atoms with van der Waals surface area (Å²) in [6.45, 7) is 0. The Labute approximate surface area is 164 Å². The Bertz CT molecular complexity index is 1090. The molecule has 0 saturated carbocycles. The average Bonchev–Trinajstić information content (AvgIpc) is 2.88. The van der Waals surface area contributed by atoms with E-state index in [0.717, 1.165) is 11.0 Å². The molecule has 28 heavy (non-hydrogen) atoms. The van der Waals surface area contributed by atoms with Gasteiger partial charge in [0.15, 0.2) is 0 Å². The fraction of sp³-hybridized carbons (Fsp3) is 0.211. The molecule has 0 atom stereocenters. The Balaban J connectivity index is 1.51. The van der Waals surface area contributed by atoms with Crippen LogP contribution in [0.3, 0.4) is 0 Å². The molecule has 2 aromatic carbocycles. The molecule has 0 radical (unpaired) electrons. The first-order valence-electron chi connectivity index (χ1n) is 8.43. The van der Waals surface area contributed by atoms with Crippen LogP contribution in [0.25, 0.3) is 11.0 Å².